The highest BCUT2D eigenvalue weighted by atomic mass is 16.7. The summed E-state index contributed by atoms with van der Waals surface area (Å²) >= 11 is 0. The van der Waals surface area contributed by atoms with Gasteiger partial charge in [0.15, 0.2) is 6.29 Å². The summed E-state index contributed by atoms with van der Waals surface area (Å²) in [5, 5.41) is 5.05. The first kappa shape index (κ1) is 17.2. The first-order valence-corrected chi connectivity index (χ1v) is 8.22. The second-order valence-corrected chi connectivity index (χ2v) is 5.88. The van der Waals surface area contributed by atoms with Crippen molar-refractivity contribution in [2.45, 2.75) is 38.9 Å². The van der Waals surface area contributed by atoms with E-state index in [1.165, 1.54) is 0 Å². The molecule has 3 amide bonds. The highest BCUT2D eigenvalue weighted by molar-refractivity contribution is 5.95. The molecule has 2 fully saturated rings. The summed E-state index contributed by atoms with van der Waals surface area (Å²) < 4.78 is 11.1. The topological polar surface area (TPSA) is 79.9 Å². The maximum absolute atomic E-state index is 11.8. The molecular weight excluding hydrogens is 286 g/mol. The average Bonchev–Trinajstić information content (AvgIpc) is 3.02. The molecule has 0 spiro atoms. The molecule has 0 atom stereocenters. The van der Waals surface area contributed by atoms with Crippen LogP contribution in [0.1, 0.15) is 32.6 Å². The van der Waals surface area contributed by atoms with Crippen molar-refractivity contribution in [3.05, 3.63) is 0 Å². The van der Waals surface area contributed by atoms with Crippen LogP contribution in [0, 0.1) is 5.92 Å². The molecule has 0 bridgehead atoms. The lowest BCUT2D eigenvalue weighted by Crippen LogP contribution is -2.47. The summed E-state index contributed by atoms with van der Waals surface area (Å²) in [5.41, 5.74) is 0. The number of nitrogens with zero attached hydrogens (tertiary/aromatic N) is 1. The molecule has 0 unspecified atom stereocenters. The van der Waals surface area contributed by atoms with Gasteiger partial charge in [-0.25, -0.2) is 4.79 Å². The number of nitrogens with one attached hydrogen (secondary N) is 2. The zero-order valence-electron chi connectivity index (χ0n) is 13.3. The molecule has 0 aromatic rings. The molecule has 0 aromatic carbocycles. The van der Waals surface area contributed by atoms with E-state index in [0.717, 1.165) is 38.8 Å². The molecule has 0 radical (unpaired) electrons. The van der Waals surface area contributed by atoms with Gasteiger partial charge >= 0.3 is 6.03 Å². The molecule has 0 aromatic heterocycles. The molecule has 22 heavy (non-hydrogen) atoms. The van der Waals surface area contributed by atoms with Gasteiger partial charge in [-0.3, -0.25) is 15.0 Å². The van der Waals surface area contributed by atoms with Crippen molar-refractivity contribution in [2.24, 2.45) is 5.92 Å². The van der Waals surface area contributed by atoms with Gasteiger partial charge < -0.3 is 14.8 Å². The lowest BCUT2D eigenvalue weighted by Gasteiger charge is -2.33. The Morgan fingerprint density at radius 2 is 1.86 bits per heavy atom. The molecule has 2 heterocycles. The number of carbonyl (C=O) groups excluding carboxylic acids is 2. The molecule has 2 aliphatic rings. The predicted molar refractivity (Wildman–Crippen MR) is 81.3 cm³/mol. The molecule has 7 heteroatoms. The number of amides is 3. The van der Waals surface area contributed by atoms with E-state index in [1.807, 2.05) is 0 Å². The second kappa shape index (κ2) is 9.07. The summed E-state index contributed by atoms with van der Waals surface area (Å²) in [6, 6.07) is -0.402. The fraction of sp³-hybridized carbons (Fsp3) is 0.867. The maximum atomic E-state index is 11.8. The monoisotopic (exact) mass is 313 g/mol. The van der Waals surface area contributed by atoms with E-state index in [9.17, 15) is 9.59 Å². The Hall–Kier alpha value is -1.18. The van der Waals surface area contributed by atoms with Crippen LogP contribution < -0.4 is 10.6 Å². The smallest absolute Gasteiger partial charge is 0.321 e. The standard InChI is InChI=1S/C15H27N3O4/c1-2-3-6-16-15(20)17-13(19)11-18-7-4-12(5-8-18)14-21-9-10-22-14/h12,14H,2-11H2,1H3,(H2,16,17,19,20). The summed E-state index contributed by atoms with van der Waals surface area (Å²) in [4.78, 5) is 25.4. The predicted octanol–water partition coefficient (Wildman–Crippen LogP) is 0.697. The van der Waals surface area contributed by atoms with Crippen LogP contribution in [-0.2, 0) is 14.3 Å². The van der Waals surface area contributed by atoms with Crippen molar-refractivity contribution < 1.29 is 19.1 Å². The average molecular weight is 313 g/mol. The Morgan fingerprint density at radius 3 is 2.50 bits per heavy atom. The van der Waals surface area contributed by atoms with E-state index >= 15 is 0 Å². The van der Waals surface area contributed by atoms with E-state index in [4.69, 9.17) is 9.47 Å². The Bertz CT molecular complexity index is 364. The number of likely N-dealkylation sites (tertiary alicyclic amines) is 1. The van der Waals surface area contributed by atoms with Crippen LogP contribution in [0.5, 0.6) is 0 Å². The van der Waals surface area contributed by atoms with E-state index in [-0.39, 0.29) is 18.7 Å². The number of unbranched alkanes of at least 4 members (excludes halogenated alkanes) is 1. The minimum atomic E-state index is -0.402. The number of imide groups is 1. The highest BCUT2D eigenvalue weighted by Gasteiger charge is 2.30. The molecule has 126 valence electrons. The van der Waals surface area contributed by atoms with Gasteiger partial charge in [0.25, 0.3) is 0 Å². The van der Waals surface area contributed by atoms with Crippen molar-refractivity contribution in [1.29, 1.82) is 0 Å². The summed E-state index contributed by atoms with van der Waals surface area (Å²) in [6.07, 6.45) is 3.78. The Kier molecular flexibility index (Phi) is 7.08. The van der Waals surface area contributed by atoms with Crippen molar-refractivity contribution in [3.8, 4) is 0 Å². The first-order chi connectivity index (χ1) is 10.7. The number of urea groups is 1. The van der Waals surface area contributed by atoms with E-state index < -0.39 is 6.03 Å². The van der Waals surface area contributed by atoms with Gasteiger partial charge in [-0.2, -0.15) is 0 Å². The van der Waals surface area contributed by atoms with Crippen LogP contribution >= 0.6 is 0 Å². The van der Waals surface area contributed by atoms with Crippen LogP contribution in [0.4, 0.5) is 4.79 Å². The summed E-state index contributed by atoms with van der Waals surface area (Å²) in [7, 11) is 0. The number of ether oxygens (including phenoxy) is 2. The lowest BCUT2D eigenvalue weighted by molar-refractivity contribution is -0.122. The van der Waals surface area contributed by atoms with Crippen LogP contribution in [-0.4, -0.2) is 62.5 Å². The molecule has 0 saturated carbocycles. The van der Waals surface area contributed by atoms with E-state index in [0.29, 0.717) is 25.7 Å². The number of rotatable bonds is 6. The largest absolute Gasteiger partial charge is 0.350 e. The quantitative estimate of drug-likeness (QED) is 0.706. The van der Waals surface area contributed by atoms with Crippen LogP contribution in [0.3, 0.4) is 0 Å². The van der Waals surface area contributed by atoms with E-state index in [2.05, 4.69) is 22.5 Å². The van der Waals surface area contributed by atoms with Gasteiger partial charge in [-0.1, -0.05) is 13.3 Å². The van der Waals surface area contributed by atoms with Gasteiger partial charge in [-0.05, 0) is 32.4 Å². The SMILES string of the molecule is CCCCNC(=O)NC(=O)CN1CCC(C2OCCO2)CC1. The Balaban J connectivity index is 1.60. The fourth-order valence-corrected chi connectivity index (χ4v) is 2.82. The Morgan fingerprint density at radius 1 is 1.18 bits per heavy atom. The zero-order valence-corrected chi connectivity index (χ0v) is 13.3. The van der Waals surface area contributed by atoms with Crippen molar-refractivity contribution in [3.63, 3.8) is 0 Å². The van der Waals surface area contributed by atoms with Crippen molar-refractivity contribution in [1.82, 2.24) is 15.5 Å². The summed E-state index contributed by atoms with van der Waals surface area (Å²) in [6.45, 7) is 5.94. The third kappa shape index (κ3) is 5.55. The van der Waals surface area contributed by atoms with Gasteiger partial charge in [0, 0.05) is 12.5 Å². The molecule has 0 aliphatic carbocycles. The number of carbonyl (C=O) groups is 2. The highest BCUT2D eigenvalue weighted by Crippen LogP contribution is 2.25. The molecule has 2 N–H and O–H groups in total. The third-order valence-corrected chi connectivity index (χ3v) is 4.10. The maximum Gasteiger partial charge on any atom is 0.321 e. The summed E-state index contributed by atoms with van der Waals surface area (Å²) in [5.74, 6) is 0.167. The van der Waals surface area contributed by atoms with Crippen LogP contribution in [0.2, 0.25) is 0 Å². The molecule has 7 nitrogen and oxygen atoms in total. The fourth-order valence-electron chi connectivity index (χ4n) is 2.82. The number of hydrogen-bond acceptors (Lipinski definition) is 5. The molecule has 2 saturated heterocycles. The van der Waals surface area contributed by atoms with Crippen molar-refractivity contribution >= 4 is 11.9 Å². The van der Waals surface area contributed by atoms with Gasteiger partial charge in [0.1, 0.15) is 0 Å². The first-order valence-electron chi connectivity index (χ1n) is 8.22. The third-order valence-electron chi connectivity index (χ3n) is 4.10. The van der Waals surface area contributed by atoms with E-state index in [1.54, 1.807) is 0 Å². The van der Waals surface area contributed by atoms with Crippen LogP contribution in [0.15, 0.2) is 0 Å². The normalized spacial score (nSPS) is 21.0. The minimum absolute atomic E-state index is 0.0691. The molecular formula is C15H27N3O4. The van der Waals surface area contributed by atoms with Crippen LogP contribution in [0.25, 0.3) is 0 Å². The van der Waals surface area contributed by atoms with Crippen molar-refractivity contribution in [2.75, 3.05) is 39.4 Å². The van der Waals surface area contributed by atoms with Gasteiger partial charge in [0.2, 0.25) is 5.91 Å². The number of hydrogen-bond donors (Lipinski definition) is 2. The Labute approximate surface area is 131 Å². The zero-order chi connectivity index (χ0) is 15.8. The number of piperidine rings is 1. The molecule has 2 rings (SSSR count). The van der Waals surface area contributed by atoms with Gasteiger partial charge in [0.05, 0.1) is 19.8 Å². The minimum Gasteiger partial charge on any atom is -0.350 e. The second-order valence-electron chi connectivity index (χ2n) is 5.88. The lowest BCUT2D eigenvalue weighted by atomic mass is 9.96. The molecule has 2 aliphatic heterocycles. The van der Waals surface area contributed by atoms with Gasteiger partial charge in [-0.15, -0.1) is 0 Å².